The maximum atomic E-state index is 12.9. The minimum atomic E-state index is -0.431. The molecule has 3 amide bonds. The molecule has 1 heterocycles. The van der Waals surface area contributed by atoms with Crippen LogP contribution in [0, 0.1) is 5.92 Å². The number of hydrogen-bond acceptors (Lipinski definition) is 3. The van der Waals surface area contributed by atoms with Gasteiger partial charge in [0.25, 0.3) is 0 Å². The lowest BCUT2D eigenvalue weighted by Crippen LogP contribution is -2.29. The van der Waals surface area contributed by atoms with Crippen LogP contribution in [0.5, 0.6) is 0 Å². The fourth-order valence-electron chi connectivity index (χ4n) is 3.57. The van der Waals surface area contributed by atoms with Crippen molar-refractivity contribution in [3.63, 3.8) is 0 Å². The van der Waals surface area contributed by atoms with Gasteiger partial charge in [-0.25, -0.2) is 0 Å². The van der Waals surface area contributed by atoms with Crippen molar-refractivity contribution in [3.8, 4) is 0 Å². The molecule has 1 unspecified atom stereocenters. The summed E-state index contributed by atoms with van der Waals surface area (Å²) in [7, 11) is 0. The van der Waals surface area contributed by atoms with Crippen LogP contribution in [0.2, 0.25) is 0 Å². The van der Waals surface area contributed by atoms with Crippen molar-refractivity contribution < 1.29 is 14.4 Å². The summed E-state index contributed by atoms with van der Waals surface area (Å²) in [5.74, 6) is -0.866. The Kier molecular flexibility index (Phi) is 5.73. The van der Waals surface area contributed by atoms with Crippen LogP contribution in [0.1, 0.15) is 39.7 Å². The lowest BCUT2D eigenvalue weighted by Gasteiger charge is -2.23. The van der Waals surface area contributed by atoms with E-state index in [1.165, 1.54) is 6.92 Å². The fraction of sp³-hybridized carbons (Fsp3) is 0.348. The van der Waals surface area contributed by atoms with E-state index in [2.05, 4.69) is 31.4 Å². The minimum absolute atomic E-state index is 0.103. The smallest absolute Gasteiger partial charge is 0.229 e. The zero-order valence-electron chi connectivity index (χ0n) is 17.3. The summed E-state index contributed by atoms with van der Waals surface area (Å²) in [5, 5.41) is 5.73. The highest BCUT2D eigenvalue weighted by Gasteiger charge is 2.35. The number of para-hydroxylation sites is 1. The number of amides is 3. The van der Waals surface area contributed by atoms with Gasteiger partial charge < -0.3 is 15.5 Å². The third kappa shape index (κ3) is 4.83. The lowest BCUT2D eigenvalue weighted by molar-refractivity contribution is -0.122. The van der Waals surface area contributed by atoms with E-state index in [0.29, 0.717) is 17.9 Å². The van der Waals surface area contributed by atoms with E-state index in [4.69, 9.17) is 0 Å². The molecule has 0 spiro atoms. The number of anilines is 3. The molecule has 3 rings (SSSR count). The molecule has 1 saturated heterocycles. The van der Waals surface area contributed by atoms with Crippen molar-refractivity contribution in [2.75, 3.05) is 22.1 Å². The molecule has 1 atom stereocenters. The lowest BCUT2D eigenvalue weighted by atomic mass is 9.85. The SMILES string of the molecule is CC(=O)Nc1cccc(N2CC(C(=O)Nc3ccccc3C(C)(C)C)CC2=O)c1. The first-order chi connectivity index (χ1) is 13.6. The molecule has 1 aliphatic rings. The third-order valence-electron chi connectivity index (χ3n) is 4.97. The predicted octanol–water partition coefficient (Wildman–Crippen LogP) is 3.93. The topological polar surface area (TPSA) is 78.5 Å². The Morgan fingerprint density at radius 2 is 1.76 bits per heavy atom. The molecule has 2 aromatic rings. The highest BCUT2D eigenvalue weighted by molar-refractivity contribution is 6.04. The van der Waals surface area contributed by atoms with Crippen LogP contribution >= 0.6 is 0 Å². The van der Waals surface area contributed by atoms with Gasteiger partial charge in [0.2, 0.25) is 17.7 Å². The van der Waals surface area contributed by atoms with Crippen molar-refractivity contribution in [2.45, 2.75) is 39.5 Å². The number of carbonyl (C=O) groups is 3. The van der Waals surface area contributed by atoms with Crippen molar-refractivity contribution in [2.24, 2.45) is 5.92 Å². The second-order valence-corrected chi connectivity index (χ2v) is 8.42. The molecule has 29 heavy (non-hydrogen) atoms. The molecule has 1 fully saturated rings. The quantitative estimate of drug-likeness (QED) is 0.826. The van der Waals surface area contributed by atoms with Gasteiger partial charge >= 0.3 is 0 Å². The Hall–Kier alpha value is -3.15. The van der Waals surface area contributed by atoms with Gasteiger partial charge in [0.1, 0.15) is 0 Å². The Bertz CT molecular complexity index is 946. The van der Waals surface area contributed by atoms with Crippen molar-refractivity contribution in [1.82, 2.24) is 0 Å². The number of nitrogens with one attached hydrogen (secondary N) is 2. The molecule has 1 aliphatic heterocycles. The van der Waals surface area contributed by atoms with Crippen molar-refractivity contribution in [1.29, 1.82) is 0 Å². The Morgan fingerprint density at radius 3 is 2.45 bits per heavy atom. The first-order valence-electron chi connectivity index (χ1n) is 9.73. The van der Waals surface area contributed by atoms with Gasteiger partial charge in [-0.3, -0.25) is 14.4 Å². The van der Waals surface area contributed by atoms with E-state index in [0.717, 1.165) is 11.3 Å². The van der Waals surface area contributed by atoms with E-state index < -0.39 is 5.92 Å². The van der Waals surface area contributed by atoms with Gasteiger partial charge in [-0.1, -0.05) is 45.0 Å². The molecular formula is C23H27N3O3. The summed E-state index contributed by atoms with van der Waals surface area (Å²) < 4.78 is 0. The number of carbonyl (C=O) groups excluding carboxylic acids is 3. The Balaban J connectivity index is 1.74. The van der Waals surface area contributed by atoms with Gasteiger partial charge in [-0.05, 0) is 35.2 Å². The first-order valence-corrected chi connectivity index (χ1v) is 9.73. The maximum absolute atomic E-state index is 12.9. The van der Waals surface area contributed by atoms with Gasteiger partial charge in [0, 0.05) is 37.0 Å². The normalized spacial score (nSPS) is 16.6. The maximum Gasteiger partial charge on any atom is 0.229 e. The average Bonchev–Trinajstić information content (AvgIpc) is 3.03. The third-order valence-corrected chi connectivity index (χ3v) is 4.97. The van der Waals surface area contributed by atoms with Gasteiger partial charge in [-0.2, -0.15) is 0 Å². The number of rotatable bonds is 4. The molecule has 6 nitrogen and oxygen atoms in total. The molecule has 6 heteroatoms. The largest absolute Gasteiger partial charge is 0.326 e. The number of benzene rings is 2. The zero-order valence-corrected chi connectivity index (χ0v) is 17.3. The molecular weight excluding hydrogens is 366 g/mol. The fourth-order valence-corrected chi connectivity index (χ4v) is 3.57. The van der Waals surface area contributed by atoms with Crippen LogP contribution in [0.4, 0.5) is 17.1 Å². The molecule has 0 aromatic heterocycles. The molecule has 0 radical (unpaired) electrons. The summed E-state index contributed by atoms with van der Waals surface area (Å²) in [6.07, 6.45) is 0.161. The second-order valence-electron chi connectivity index (χ2n) is 8.42. The Morgan fingerprint density at radius 1 is 1.03 bits per heavy atom. The van der Waals surface area contributed by atoms with Gasteiger partial charge in [-0.15, -0.1) is 0 Å². The summed E-state index contributed by atoms with van der Waals surface area (Å²) in [6, 6.07) is 14.8. The number of hydrogen-bond donors (Lipinski definition) is 2. The van der Waals surface area contributed by atoms with Crippen LogP contribution in [-0.2, 0) is 19.8 Å². The molecule has 0 aliphatic carbocycles. The monoisotopic (exact) mass is 393 g/mol. The highest BCUT2D eigenvalue weighted by Crippen LogP contribution is 2.31. The van der Waals surface area contributed by atoms with E-state index in [-0.39, 0.29) is 29.6 Å². The summed E-state index contributed by atoms with van der Waals surface area (Å²) in [6.45, 7) is 8.04. The summed E-state index contributed by atoms with van der Waals surface area (Å²) in [5.41, 5.74) is 3.02. The van der Waals surface area contributed by atoms with Crippen LogP contribution < -0.4 is 15.5 Å². The second kappa shape index (κ2) is 8.07. The van der Waals surface area contributed by atoms with E-state index >= 15 is 0 Å². The first kappa shape index (κ1) is 20.6. The van der Waals surface area contributed by atoms with Gasteiger partial charge in [0.05, 0.1) is 5.92 Å². The molecule has 0 saturated carbocycles. The van der Waals surface area contributed by atoms with Crippen LogP contribution in [0.25, 0.3) is 0 Å². The standard InChI is InChI=1S/C23H27N3O3/c1-15(27)24-17-8-7-9-18(13-17)26-14-16(12-21(26)28)22(29)25-20-11-6-5-10-19(20)23(2,3)4/h5-11,13,16H,12,14H2,1-4H3,(H,24,27)(H,25,29). The van der Waals surface area contributed by atoms with Crippen molar-refractivity contribution in [3.05, 3.63) is 54.1 Å². The van der Waals surface area contributed by atoms with Gasteiger partial charge in [0.15, 0.2) is 0 Å². The molecule has 152 valence electrons. The number of nitrogens with zero attached hydrogens (tertiary/aromatic N) is 1. The molecule has 2 aromatic carbocycles. The zero-order chi connectivity index (χ0) is 21.2. The van der Waals surface area contributed by atoms with E-state index in [1.807, 2.05) is 24.3 Å². The van der Waals surface area contributed by atoms with Crippen molar-refractivity contribution >= 4 is 34.8 Å². The van der Waals surface area contributed by atoms with E-state index in [1.54, 1.807) is 29.2 Å². The minimum Gasteiger partial charge on any atom is -0.326 e. The Labute approximate surface area is 171 Å². The molecule has 0 bridgehead atoms. The van der Waals surface area contributed by atoms with E-state index in [9.17, 15) is 14.4 Å². The predicted molar refractivity (Wildman–Crippen MR) is 115 cm³/mol. The average molecular weight is 393 g/mol. The molecule has 2 N–H and O–H groups in total. The summed E-state index contributed by atoms with van der Waals surface area (Å²) >= 11 is 0. The van der Waals surface area contributed by atoms with Crippen LogP contribution in [-0.4, -0.2) is 24.3 Å². The van der Waals surface area contributed by atoms with Crippen LogP contribution in [0.15, 0.2) is 48.5 Å². The summed E-state index contributed by atoms with van der Waals surface area (Å²) in [4.78, 5) is 38.3. The van der Waals surface area contributed by atoms with Crippen LogP contribution in [0.3, 0.4) is 0 Å². The highest BCUT2D eigenvalue weighted by atomic mass is 16.2.